The molecular formula is C30H24O. The molecule has 1 heteroatoms. The molecule has 1 heterocycles. The van der Waals surface area contributed by atoms with Crippen LogP contribution in [0, 0.1) is 0 Å². The predicted molar refractivity (Wildman–Crippen MR) is 129 cm³/mol. The number of hydrogen-bond acceptors (Lipinski definition) is 1. The smallest absolute Gasteiger partial charge is 0.136 e. The van der Waals surface area contributed by atoms with E-state index in [4.69, 9.17) is 4.42 Å². The van der Waals surface area contributed by atoms with E-state index in [1.807, 2.05) is 0 Å². The van der Waals surface area contributed by atoms with Crippen LogP contribution < -0.4 is 0 Å². The largest absolute Gasteiger partial charge is 0.456 e. The number of benzene rings is 4. The third-order valence-corrected chi connectivity index (χ3v) is 7.88. The van der Waals surface area contributed by atoms with Gasteiger partial charge in [0.25, 0.3) is 0 Å². The maximum Gasteiger partial charge on any atom is 0.136 e. The lowest BCUT2D eigenvalue weighted by Crippen LogP contribution is -2.16. The summed E-state index contributed by atoms with van der Waals surface area (Å²) in [5, 5.41) is 2.47. The summed E-state index contributed by atoms with van der Waals surface area (Å²) in [6.45, 7) is 9.45. The van der Waals surface area contributed by atoms with Gasteiger partial charge in [-0.1, -0.05) is 76.2 Å². The first kappa shape index (κ1) is 17.4. The molecule has 1 aromatic heterocycles. The average Bonchev–Trinajstić information content (AvgIpc) is 3.33. The summed E-state index contributed by atoms with van der Waals surface area (Å²) in [6, 6.07) is 26.7. The van der Waals surface area contributed by atoms with Gasteiger partial charge in [0.15, 0.2) is 0 Å². The lowest BCUT2D eigenvalue weighted by Gasteiger charge is -2.24. The average molecular weight is 401 g/mol. The highest BCUT2D eigenvalue weighted by atomic mass is 16.3. The second-order valence-corrected chi connectivity index (χ2v) is 10.2. The van der Waals surface area contributed by atoms with E-state index in [0.29, 0.717) is 0 Å². The lowest BCUT2D eigenvalue weighted by molar-refractivity contribution is 0.651. The van der Waals surface area contributed by atoms with Crippen LogP contribution in [0.15, 0.2) is 77.2 Å². The zero-order chi connectivity index (χ0) is 21.1. The quantitative estimate of drug-likeness (QED) is 0.255. The van der Waals surface area contributed by atoms with Crippen LogP contribution in [-0.4, -0.2) is 0 Å². The molecule has 0 bridgehead atoms. The van der Waals surface area contributed by atoms with E-state index in [-0.39, 0.29) is 10.8 Å². The molecule has 5 aromatic rings. The molecule has 0 amide bonds. The van der Waals surface area contributed by atoms with Crippen LogP contribution >= 0.6 is 0 Å². The first-order valence-electron chi connectivity index (χ1n) is 11.1. The van der Waals surface area contributed by atoms with E-state index in [2.05, 4.69) is 100 Å². The van der Waals surface area contributed by atoms with Crippen molar-refractivity contribution in [2.24, 2.45) is 0 Å². The van der Waals surface area contributed by atoms with Crippen molar-refractivity contribution in [3.8, 4) is 22.3 Å². The Hall–Kier alpha value is -3.32. The number of furan rings is 1. The van der Waals surface area contributed by atoms with Crippen LogP contribution in [0.25, 0.3) is 44.2 Å². The Morgan fingerprint density at radius 1 is 0.548 bits per heavy atom. The molecule has 2 aliphatic rings. The maximum absolute atomic E-state index is 6.25. The topological polar surface area (TPSA) is 13.1 Å². The second-order valence-electron chi connectivity index (χ2n) is 10.2. The zero-order valence-electron chi connectivity index (χ0n) is 18.3. The molecule has 0 unspecified atom stereocenters. The Bertz CT molecular complexity index is 1580. The fraction of sp³-hybridized carbons (Fsp3) is 0.200. The first-order chi connectivity index (χ1) is 14.9. The Balaban J connectivity index is 1.64. The molecule has 0 spiro atoms. The fourth-order valence-electron chi connectivity index (χ4n) is 6.23. The fourth-order valence-corrected chi connectivity index (χ4v) is 6.23. The van der Waals surface area contributed by atoms with Gasteiger partial charge >= 0.3 is 0 Å². The van der Waals surface area contributed by atoms with Crippen molar-refractivity contribution in [1.82, 2.24) is 0 Å². The summed E-state index contributed by atoms with van der Waals surface area (Å²) in [6.07, 6.45) is 0. The van der Waals surface area contributed by atoms with E-state index in [1.165, 1.54) is 55.3 Å². The van der Waals surface area contributed by atoms with Gasteiger partial charge in [0.05, 0.1) is 0 Å². The molecule has 150 valence electrons. The first-order valence-corrected chi connectivity index (χ1v) is 11.1. The minimum absolute atomic E-state index is 0.000211. The molecule has 31 heavy (non-hydrogen) atoms. The number of para-hydroxylation sites is 1. The van der Waals surface area contributed by atoms with Gasteiger partial charge in [0.1, 0.15) is 11.2 Å². The van der Waals surface area contributed by atoms with E-state index >= 15 is 0 Å². The molecule has 0 saturated heterocycles. The van der Waals surface area contributed by atoms with Gasteiger partial charge in [0, 0.05) is 21.6 Å². The third-order valence-electron chi connectivity index (χ3n) is 7.88. The van der Waals surface area contributed by atoms with Gasteiger partial charge in [-0.3, -0.25) is 0 Å². The van der Waals surface area contributed by atoms with Crippen LogP contribution in [0.2, 0.25) is 0 Å². The number of fused-ring (bicyclic) bond motifs is 10. The summed E-state index contributed by atoms with van der Waals surface area (Å²) in [7, 11) is 0. The minimum Gasteiger partial charge on any atom is -0.456 e. The maximum atomic E-state index is 6.25. The Morgan fingerprint density at radius 3 is 2.10 bits per heavy atom. The molecule has 4 aromatic carbocycles. The SMILES string of the molecule is CC1(C)c2ccccc2-c2cc3c(cc21)-c1c(ccc2oc4ccccc4c12)C3(C)C. The molecule has 0 saturated carbocycles. The monoisotopic (exact) mass is 400 g/mol. The van der Waals surface area contributed by atoms with E-state index in [0.717, 1.165) is 11.2 Å². The number of hydrogen-bond donors (Lipinski definition) is 0. The third kappa shape index (κ3) is 1.93. The van der Waals surface area contributed by atoms with Crippen molar-refractivity contribution in [3.05, 3.63) is 95.1 Å². The van der Waals surface area contributed by atoms with Crippen molar-refractivity contribution >= 4 is 21.9 Å². The highest BCUT2D eigenvalue weighted by Gasteiger charge is 2.42. The molecular weight excluding hydrogens is 376 g/mol. The van der Waals surface area contributed by atoms with Crippen molar-refractivity contribution in [2.75, 3.05) is 0 Å². The molecule has 0 radical (unpaired) electrons. The Labute approximate surface area is 182 Å². The van der Waals surface area contributed by atoms with Crippen molar-refractivity contribution in [1.29, 1.82) is 0 Å². The summed E-state index contributed by atoms with van der Waals surface area (Å²) >= 11 is 0. The van der Waals surface area contributed by atoms with Crippen LogP contribution in [0.3, 0.4) is 0 Å². The van der Waals surface area contributed by atoms with Crippen LogP contribution in [0.4, 0.5) is 0 Å². The second kappa shape index (κ2) is 5.29. The van der Waals surface area contributed by atoms with Gasteiger partial charge < -0.3 is 4.42 Å². The highest BCUT2D eigenvalue weighted by Crippen LogP contribution is 2.57. The van der Waals surface area contributed by atoms with E-state index in [9.17, 15) is 0 Å². The van der Waals surface area contributed by atoms with Crippen molar-refractivity contribution in [3.63, 3.8) is 0 Å². The standard InChI is InChI=1S/C30H24O/c1-29(2)21-11-7-5-9-17(21)19-15-24-20(16-23(19)29)27-22(30(24,3)4)13-14-26-28(27)18-10-6-8-12-25(18)31-26/h5-16H,1-4H3. The minimum atomic E-state index is -0.0477. The van der Waals surface area contributed by atoms with Gasteiger partial charge in [-0.05, 0) is 68.8 Å². The van der Waals surface area contributed by atoms with Crippen molar-refractivity contribution < 1.29 is 4.42 Å². The summed E-state index contributed by atoms with van der Waals surface area (Å²) in [5.74, 6) is 0. The molecule has 0 aliphatic heterocycles. The Kier molecular flexibility index (Phi) is 2.96. The molecule has 0 N–H and O–H groups in total. The molecule has 7 rings (SSSR count). The summed E-state index contributed by atoms with van der Waals surface area (Å²) in [4.78, 5) is 0. The van der Waals surface area contributed by atoms with Gasteiger partial charge in [-0.2, -0.15) is 0 Å². The predicted octanol–water partition coefficient (Wildman–Crippen LogP) is 8.20. The molecule has 1 nitrogen and oxygen atoms in total. The van der Waals surface area contributed by atoms with Crippen LogP contribution in [-0.2, 0) is 10.8 Å². The van der Waals surface area contributed by atoms with Gasteiger partial charge in [-0.25, -0.2) is 0 Å². The Morgan fingerprint density at radius 2 is 1.23 bits per heavy atom. The lowest BCUT2D eigenvalue weighted by atomic mass is 9.79. The molecule has 2 aliphatic carbocycles. The van der Waals surface area contributed by atoms with Gasteiger partial charge in [-0.15, -0.1) is 0 Å². The summed E-state index contributed by atoms with van der Waals surface area (Å²) in [5.41, 5.74) is 13.1. The van der Waals surface area contributed by atoms with E-state index < -0.39 is 0 Å². The summed E-state index contributed by atoms with van der Waals surface area (Å²) < 4.78 is 6.25. The molecule has 0 atom stereocenters. The van der Waals surface area contributed by atoms with E-state index in [1.54, 1.807) is 0 Å². The molecule has 0 fully saturated rings. The van der Waals surface area contributed by atoms with Crippen LogP contribution in [0.1, 0.15) is 49.9 Å². The van der Waals surface area contributed by atoms with Crippen LogP contribution in [0.5, 0.6) is 0 Å². The van der Waals surface area contributed by atoms with Gasteiger partial charge in [0.2, 0.25) is 0 Å². The normalized spacial score (nSPS) is 16.9. The zero-order valence-corrected chi connectivity index (χ0v) is 18.3. The highest BCUT2D eigenvalue weighted by molar-refractivity contribution is 6.15. The number of rotatable bonds is 0. The van der Waals surface area contributed by atoms with Crippen molar-refractivity contribution in [2.45, 2.75) is 38.5 Å².